The lowest BCUT2D eigenvalue weighted by molar-refractivity contribution is 0.0595. The van der Waals surface area contributed by atoms with Crippen molar-refractivity contribution in [2.45, 2.75) is 26.2 Å². The summed E-state index contributed by atoms with van der Waals surface area (Å²) >= 11 is 0. The highest BCUT2D eigenvalue weighted by Crippen LogP contribution is 2.30. The van der Waals surface area contributed by atoms with Crippen molar-refractivity contribution < 1.29 is 9.47 Å². The van der Waals surface area contributed by atoms with Crippen LogP contribution >= 0.6 is 0 Å². The van der Waals surface area contributed by atoms with E-state index < -0.39 is 0 Å². The Hall–Kier alpha value is -1.42. The van der Waals surface area contributed by atoms with Crippen LogP contribution in [0.5, 0.6) is 5.75 Å². The maximum atomic E-state index is 6.12. The van der Waals surface area contributed by atoms with Crippen LogP contribution in [0.4, 0.5) is 11.4 Å². The van der Waals surface area contributed by atoms with Gasteiger partial charge in [-0.3, -0.25) is 0 Å². The Kier molecular flexibility index (Phi) is 5.33. The Morgan fingerprint density at radius 2 is 2.37 bits per heavy atom. The normalized spacial score (nSPS) is 19.1. The zero-order valence-electron chi connectivity index (χ0n) is 11.7. The first-order valence-corrected chi connectivity index (χ1v) is 7.14. The second-order valence-electron chi connectivity index (χ2n) is 5.03. The summed E-state index contributed by atoms with van der Waals surface area (Å²) in [4.78, 5) is 0. The van der Waals surface area contributed by atoms with Crippen molar-refractivity contribution in [1.82, 2.24) is 0 Å². The highest BCUT2D eigenvalue weighted by Gasteiger charge is 2.14. The van der Waals surface area contributed by atoms with Crippen molar-refractivity contribution in [3.05, 3.63) is 18.2 Å². The van der Waals surface area contributed by atoms with Gasteiger partial charge in [-0.25, -0.2) is 0 Å². The predicted octanol–water partition coefficient (Wildman–Crippen LogP) is 2.90. The SMILES string of the molecule is CCCOc1cccc(NCC2CCCOC2)c1N. The van der Waals surface area contributed by atoms with Gasteiger partial charge in [0.2, 0.25) is 0 Å². The number of anilines is 2. The molecule has 1 saturated heterocycles. The van der Waals surface area contributed by atoms with Crippen LogP contribution in [0.1, 0.15) is 26.2 Å². The molecule has 1 aromatic rings. The lowest BCUT2D eigenvalue weighted by Crippen LogP contribution is -2.24. The van der Waals surface area contributed by atoms with Gasteiger partial charge in [-0.05, 0) is 37.3 Å². The van der Waals surface area contributed by atoms with Crippen LogP contribution in [0.3, 0.4) is 0 Å². The van der Waals surface area contributed by atoms with Gasteiger partial charge >= 0.3 is 0 Å². The van der Waals surface area contributed by atoms with Gasteiger partial charge < -0.3 is 20.5 Å². The Morgan fingerprint density at radius 3 is 3.11 bits per heavy atom. The minimum atomic E-state index is 0.577. The maximum absolute atomic E-state index is 6.12. The third-order valence-electron chi connectivity index (χ3n) is 3.36. The van der Waals surface area contributed by atoms with Crippen molar-refractivity contribution in [1.29, 1.82) is 0 Å². The standard InChI is InChI=1S/C15H24N2O2/c1-2-8-19-14-7-3-6-13(15(14)16)17-10-12-5-4-9-18-11-12/h3,6-7,12,17H,2,4-5,8-11,16H2,1H3. The van der Waals surface area contributed by atoms with Gasteiger partial charge in [0.05, 0.1) is 24.6 Å². The molecule has 1 aliphatic rings. The Bertz CT molecular complexity index is 390. The van der Waals surface area contributed by atoms with E-state index in [4.69, 9.17) is 15.2 Å². The number of para-hydroxylation sites is 1. The monoisotopic (exact) mass is 264 g/mol. The molecule has 4 heteroatoms. The third-order valence-corrected chi connectivity index (χ3v) is 3.36. The molecule has 0 aromatic heterocycles. The van der Waals surface area contributed by atoms with E-state index in [9.17, 15) is 0 Å². The van der Waals surface area contributed by atoms with Crippen LogP contribution < -0.4 is 15.8 Å². The van der Waals surface area contributed by atoms with Gasteiger partial charge in [-0.1, -0.05) is 13.0 Å². The Morgan fingerprint density at radius 1 is 1.47 bits per heavy atom. The van der Waals surface area contributed by atoms with Gasteiger partial charge in [0.15, 0.2) is 0 Å². The van der Waals surface area contributed by atoms with E-state index in [1.165, 1.54) is 6.42 Å². The fourth-order valence-electron chi connectivity index (χ4n) is 2.26. The molecule has 0 radical (unpaired) electrons. The molecule has 19 heavy (non-hydrogen) atoms. The fourth-order valence-corrected chi connectivity index (χ4v) is 2.26. The molecule has 106 valence electrons. The molecular weight excluding hydrogens is 240 g/mol. The van der Waals surface area contributed by atoms with E-state index in [0.717, 1.165) is 44.0 Å². The molecule has 0 bridgehead atoms. The van der Waals surface area contributed by atoms with Crippen molar-refractivity contribution in [2.75, 3.05) is 37.4 Å². The number of rotatable bonds is 6. The molecule has 2 rings (SSSR count). The molecule has 0 saturated carbocycles. The van der Waals surface area contributed by atoms with Crippen LogP contribution in [-0.4, -0.2) is 26.4 Å². The van der Waals surface area contributed by atoms with Crippen molar-refractivity contribution in [3.8, 4) is 5.75 Å². The molecule has 0 aliphatic carbocycles. The minimum Gasteiger partial charge on any atom is -0.491 e. The van der Waals surface area contributed by atoms with E-state index >= 15 is 0 Å². The number of nitrogens with one attached hydrogen (secondary N) is 1. The molecule has 4 nitrogen and oxygen atoms in total. The minimum absolute atomic E-state index is 0.577. The highest BCUT2D eigenvalue weighted by atomic mass is 16.5. The lowest BCUT2D eigenvalue weighted by Gasteiger charge is -2.23. The molecule has 1 fully saturated rings. The molecule has 1 atom stereocenters. The lowest BCUT2D eigenvalue weighted by atomic mass is 10.0. The number of nitrogens with two attached hydrogens (primary N) is 1. The Balaban J connectivity index is 1.91. The highest BCUT2D eigenvalue weighted by molar-refractivity contribution is 5.72. The summed E-state index contributed by atoms with van der Waals surface area (Å²) in [7, 11) is 0. The summed E-state index contributed by atoms with van der Waals surface area (Å²) in [6.45, 7) is 5.44. The molecule has 1 aromatic carbocycles. The van der Waals surface area contributed by atoms with Crippen molar-refractivity contribution in [3.63, 3.8) is 0 Å². The van der Waals surface area contributed by atoms with E-state index in [2.05, 4.69) is 12.2 Å². The van der Waals surface area contributed by atoms with Crippen LogP contribution in [0.15, 0.2) is 18.2 Å². The second kappa shape index (κ2) is 7.24. The number of ether oxygens (including phenoxy) is 2. The fraction of sp³-hybridized carbons (Fsp3) is 0.600. The molecule has 0 spiro atoms. The van der Waals surface area contributed by atoms with Crippen LogP contribution in [0.25, 0.3) is 0 Å². The van der Waals surface area contributed by atoms with E-state index in [1.54, 1.807) is 0 Å². The number of hydrogen-bond acceptors (Lipinski definition) is 4. The van der Waals surface area contributed by atoms with Crippen LogP contribution in [0.2, 0.25) is 0 Å². The van der Waals surface area contributed by atoms with Gasteiger partial charge in [-0.2, -0.15) is 0 Å². The Labute approximate surface area is 115 Å². The van der Waals surface area contributed by atoms with Gasteiger partial charge in [0.25, 0.3) is 0 Å². The molecule has 1 aliphatic heterocycles. The summed E-state index contributed by atoms with van der Waals surface area (Å²) in [6, 6.07) is 5.89. The average Bonchev–Trinajstić information content (AvgIpc) is 2.46. The number of benzene rings is 1. The van der Waals surface area contributed by atoms with Gasteiger partial charge in [-0.15, -0.1) is 0 Å². The summed E-state index contributed by atoms with van der Waals surface area (Å²) in [6.07, 6.45) is 3.36. The molecule has 0 amide bonds. The number of hydrogen-bond donors (Lipinski definition) is 2. The number of nitrogen functional groups attached to an aromatic ring is 1. The molecule has 3 N–H and O–H groups in total. The van der Waals surface area contributed by atoms with Gasteiger partial charge in [0.1, 0.15) is 5.75 Å². The zero-order chi connectivity index (χ0) is 13.5. The van der Waals surface area contributed by atoms with E-state index in [1.807, 2.05) is 18.2 Å². The first-order chi connectivity index (χ1) is 9.31. The van der Waals surface area contributed by atoms with Crippen LogP contribution in [-0.2, 0) is 4.74 Å². The second-order valence-corrected chi connectivity index (χ2v) is 5.03. The zero-order valence-corrected chi connectivity index (χ0v) is 11.7. The smallest absolute Gasteiger partial charge is 0.144 e. The maximum Gasteiger partial charge on any atom is 0.144 e. The summed E-state index contributed by atoms with van der Waals surface area (Å²) in [5.41, 5.74) is 7.78. The molecule has 1 unspecified atom stereocenters. The van der Waals surface area contributed by atoms with Crippen molar-refractivity contribution in [2.24, 2.45) is 5.92 Å². The predicted molar refractivity (Wildman–Crippen MR) is 78.7 cm³/mol. The van der Waals surface area contributed by atoms with Crippen LogP contribution in [0, 0.1) is 5.92 Å². The largest absolute Gasteiger partial charge is 0.491 e. The van der Waals surface area contributed by atoms with Gasteiger partial charge in [0, 0.05) is 13.2 Å². The summed E-state index contributed by atoms with van der Waals surface area (Å²) in [5.74, 6) is 1.35. The summed E-state index contributed by atoms with van der Waals surface area (Å²) < 4.78 is 11.1. The topological polar surface area (TPSA) is 56.5 Å². The van der Waals surface area contributed by atoms with E-state index in [0.29, 0.717) is 18.2 Å². The molecular formula is C15H24N2O2. The quantitative estimate of drug-likeness (QED) is 0.776. The van der Waals surface area contributed by atoms with Crippen molar-refractivity contribution >= 4 is 11.4 Å². The van der Waals surface area contributed by atoms with E-state index in [-0.39, 0.29) is 0 Å². The molecule has 1 heterocycles. The third kappa shape index (κ3) is 4.03. The summed E-state index contributed by atoms with van der Waals surface area (Å²) in [5, 5.41) is 3.41. The average molecular weight is 264 g/mol. The first-order valence-electron chi connectivity index (χ1n) is 7.14. The first kappa shape index (κ1) is 14.0.